The molecule has 7 heteroatoms. The minimum Gasteiger partial charge on any atom is -0.335 e. The Kier molecular flexibility index (Phi) is 7.17. The molecular formula is C19H26N4O2S. The van der Waals surface area contributed by atoms with Crippen molar-refractivity contribution < 1.29 is 9.59 Å². The minimum absolute atomic E-state index is 0.0225. The number of hydrogen-bond acceptors (Lipinski definition) is 4. The Morgan fingerprint density at radius 2 is 1.96 bits per heavy atom. The first kappa shape index (κ1) is 19.9. The van der Waals surface area contributed by atoms with Crippen LogP contribution < -0.4 is 16.0 Å². The molecule has 0 saturated carbocycles. The summed E-state index contributed by atoms with van der Waals surface area (Å²) in [6.07, 6.45) is 0.788. The normalized spacial score (nSPS) is 11.9. The van der Waals surface area contributed by atoms with Gasteiger partial charge < -0.3 is 20.9 Å². The van der Waals surface area contributed by atoms with E-state index in [0.29, 0.717) is 17.9 Å². The van der Waals surface area contributed by atoms with E-state index < -0.39 is 0 Å². The molecule has 0 aliphatic heterocycles. The van der Waals surface area contributed by atoms with Crippen LogP contribution in [0.4, 0.5) is 16.2 Å². The van der Waals surface area contributed by atoms with Gasteiger partial charge in [0.15, 0.2) is 0 Å². The number of hydrogen-bond donors (Lipinski definition) is 3. The lowest BCUT2D eigenvalue weighted by atomic mass is 10.1. The number of urea groups is 1. The number of rotatable bonds is 7. The van der Waals surface area contributed by atoms with Crippen LogP contribution in [0.5, 0.6) is 0 Å². The van der Waals surface area contributed by atoms with Crippen molar-refractivity contribution in [3.05, 3.63) is 46.2 Å². The van der Waals surface area contributed by atoms with E-state index in [2.05, 4.69) is 27.4 Å². The van der Waals surface area contributed by atoms with E-state index in [9.17, 15) is 9.59 Å². The van der Waals surface area contributed by atoms with Gasteiger partial charge in [0.05, 0.1) is 6.54 Å². The van der Waals surface area contributed by atoms with E-state index in [1.807, 2.05) is 45.5 Å². The van der Waals surface area contributed by atoms with Gasteiger partial charge in [-0.2, -0.15) is 11.3 Å². The highest BCUT2D eigenvalue weighted by Crippen LogP contribution is 2.20. The zero-order valence-corrected chi connectivity index (χ0v) is 16.4. The predicted molar refractivity (Wildman–Crippen MR) is 108 cm³/mol. The fourth-order valence-electron chi connectivity index (χ4n) is 2.52. The number of nitrogens with one attached hydrogen (secondary N) is 3. The zero-order chi connectivity index (χ0) is 19.1. The van der Waals surface area contributed by atoms with Crippen LogP contribution in [-0.4, -0.2) is 43.5 Å². The lowest BCUT2D eigenvalue weighted by Gasteiger charge is -2.16. The van der Waals surface area contributed by atoms with Crippen molar-refractivity contribution in [2.45, 2.75) is 26.3 Å². The molecule has 3 amide bonds. The minimum atomic E-state index is -0.262. The van der Waals surface area contributed by atoms with Gasteiger partial charge in [-0.05, 0) is 74.4 Å². The Bertz CT molecular complexity index is 744. The average molecular weight is 375 g/mol. The first-order valence-corrected chi connectivity index (χ1v) is 9.41. The highest BCUT2D eigenvalue weighted by atomic mass is 32.1. The fourth-order valence-corrected chi connectivity index (χ4v) is 3.20. The quantitative estimate of drug-likeness (QED) is 0.696. The molecule has 1 atom stereocenters. The van der Waals surface area contributed by atoms with Crippen molar-refractivity contribution in [2.24, 2.45) is 0 Å². The number of benzene rings is 1. The van der Waals surface area contributed by atoms with Crippen LogP contribution in [0.15, 0.2) is 35.0 Å². The maximum Gasteiger partial charge on any atom is 0.319 e. The molecule has 0 saturated heterocycles. The first-order valence-electron chi connectivity index (χ1n) is 8.47. The number of amides is 3. The van der Waals surface area contributed by atoms with Crippen molar-refractivity contribution in [1.29, 1.82) is 0 Å². The summed E-state index contributed by atoms with van der Waals surface area (Å²) < 4.78 is 0. The molecular weight excluding hydrogens is 348 g/mol. The summed E-state index contributed by atoms with van der Waals surface area (Å²) in [6, 6.07) is 7.28. The standard InChI is InChI=1S/C19H26N4O2S/c1-13-5-6-16(10-17(13)22-18(24)11-23(3)4)21-19(25)20-14(2)9-15-7-8-26-12-15/h5-8,10,12,14H,9,11H2,1-4H3,(H,22,24)(H2,20,21,25)/t14-/m1/s1. The summed E-state index contributed by atoms with van der Waals surface area (Å²) in [5.41, 5.74) is 3.48. The molecule has 0 aliphatic rings. The average Bonchev–Trinajstić information content (AvgIpc) is 3.02. The zero-order valence-electron chi connectivity index (χ0n) is 15.6. The topological polar surface area (TPSA) is 73.5 Å². The molecule has 3 N–H and O–H groups in total. The molecule has 2 rings (SSSR count). The van der Waals surface area contributed by atoms with Crippen molar-refractivity contribution in [1.82, 2.24) is 10.2 Å². The van der Waals surface area contributed by atoms with Gasteiger partial charge in [0.1, 0.15) is 0 Å². The molecule has 0 aliphatic carbocycles. The van der Waals surface area contributed by atoms with Crippen LogP contribution in [0.1, 0.15) is 18.1 Å². The van der Waals surface area contributed by atoms with Gasteiger partial charge in [0.2, 0.25) is 5.91 Å². The van der Waals surface area contributed by atoms with E-state index >= 15 is 0 Å². The summed E-state index contributed by atoms with van der Waals surface area (Å²) in [4.78, 5) is 26.0. The summed E-state index contributed by atoms with van der Waals surface area (Å²) >= 11 is 1.65. The van der Waals surface area contributed by atoms with Gasteiger partial charge in [-0.1, -0.05) is 6.07 Å². The molecule has 140 valence electrons. The number of nitrogens with zero attached hydrogens (tertiary/aromatic N) is 1. The first-order chi connectivity index (χ1) is 12.3. The predicted octanol–water partition coefficient (Wildman–Crippen LogP) is 3.31. The number of carbonyl (C=O) groups excluding carboxylic acids is 2. The molecule has 1 heterocycles. The lowest BCUT2D eigenvalue weighted by molar-refractivity contribution is -0.116. The number of carbonyl (C=O) groups is 2. The van der Waals surface area contributed by atoms with Crippen LogP contribution in [0.2, 0.25) is 0 Å². The summed E-state index contributed by atoms with van der Waals surface area (Å²) in [7, 11) is 3.68. The Morgan fingerprint density at radius 3 is 2.62 bits per heavy atom. The van der Waals surface area contributed by atoms with E-state index in [4.69, 9.17) is 0 Å². The number of likely N-dealkylation sites (N-methyl/N-ethyl adjacent to an activating group) is 1. The van der Waals surface area contributed by atoms with Crippen LogP contribution >= 0.6 is 11.3 Å². The molecule has 26 heavy (non-hydrogen) atoms. The smallest absolute Gasteiger partial charge is 0.319 e. The molecule has 0 unspecified atom stereocenters. The van der Waals surface area contributed by atoms with Gasteiger partial charge in [-0.25, -0.2) is 4.79 Å². The molecule has 0 bridgehead atoms. The molecule has 1 aromatic heterocycles. The molecule has 2 aromatic rings. The maximum atomic E-state index is 12.2. The Hall–Kier alpha value is -2.38. The molecule has 0 spiro atoms. The SMILES string of the molecule is Cc1ccc(NC(=O)N[C@H](C)Cc2ccsc2)cc1NC(=O)CN(C)C. The second kappa shape index (κ2) is 9.35. The number of anilines is 2. The van der Waals surface area contributed by atoms with Crippen LogP contribution in [0.3, 0.4) is 0 Å². The van der Waals surface area contributed by atoms with Gasteiger partial charge in [-0.15, -0.1) is 0 Å². The summed E-state index contributed by atoms with van der Waals surface area (Å²) in [5.74, 6) is -0.0934. The van der Waals surface area contributed by atoms with Crippen molar-refractivity contribution in [3.63, 3.8) is 0 Å². The monoisotopic (exact) mass is 374 g/mol. The van der Waals surface area contributed by atoms with Gasteiger partial charge in [0, 0.05) is 17.4 Å². The van der Waals surface area contributed by atoms with Crippen LogP contribution in [0, 0.1) is 6.92 Å². The van der Waals surface area contributed by atoms with Crippen LogP contribution in [-0.2, 0) is 11.2 Å². The fraction of sp³-hybridized carbons (Fsp3) is 0.368. The summed E-state index contributed by atoms with van der Waals surface area (Å²) in [6.45, 7) is 4.19. The van der Waals surface area contributed by atoms with Crippen molar-refractivity contribution in [2.75, 3.05) is 31.3 Å². The second-order valence-electron chi connectivity index (χ2n) is 6.65. The highest BCUT2D eigenvalue weighted by Gasteiger charge is 2.11. The Balaban J connectivity index is 1.92. The van der Waals surface area contributed by atoms with Crippen LogP contribution in [0.25, 0.3) is 0 Å². The Labute approximate surface area is 158 Å². The third-order valence-electron chi connectivity index (χ3n) is 3.73. The lowest BCUT2D eigenvalue weighted by Crippen LogP contribution is -2.37. The van der Waals surface area contributed by atoms with E-state index in [-0.39, 0.29) is 18.0 Å². The molecule has 0 radical (unpaired) electrons. The third-order valence-corrected chi connectivity index (χ3v) is 4.46. The molecule has 1 aromatic carbocycles. The highest BCUT2D eigenvalue weighted by molar-refractivity contribution is 7.07. The van der Waals surface area contributed by atoms with Crippen molar-refractivity contribution >= 4 is 34.6 Å². The third kappa shape index (κ3) is 6.50. The van der Waals surface area contributed by atoms with Crippen molar-refractivity contribution in [3.8, 4) is 0 Å². The summed E-state index contributed by atoms with van der Waals surface area (Å²) in [5, 5.41) is 12.7. The second-order valence-corrected chi connectivity index (χ2v) is 7.43. The number of aryl methyl sites for hydroxylation is 1. The molecule has 0 fully saturated rings. The molecule has 6 nitrogen and oxygen atoms in total. The van der Waals surface area contributed by atoms with Gasteiger partial charge in [-0.3, -0.25) is 4.79 Å². The van der Waals surface area contributed by atoms with E-state index in [0.717, 1.165) is 12.0 Å². The van der Waals surface area contributed by atoms with Gasteiger partial charge in [0.25, 0.3) is 0 Å². The van der Waals surface area contributed by atoms with E-state index in [1.165, 1.54) is 5.56 Å². The number of thiophene rings is 1. The maximum absolute atomic E-state index is 12.2. The van der Waals surface area contributed by atoms with Gasteiger partial charge >= 0.3 is 6.03 Å². The van der Waals surface area contributed by atoms with E-state index in [1.54, 1.807) is 22.3 Å². The Morgan fingerprint density at radius 1 is 1.19 bits per heavy atom. The largest absolute Gasteiger partial charge is 0.335 e.